The van der Waals surface area contributed by atoms with E-state index in [-0.39, 0.29) is 24.0 Å². The highest BCUT2D eigenvalue weighted by atomic mass is 127. The number of aliphatic imine (C=N–C) groups is 1. The molecule has 2 heterocycles. The second kappa shape index (κ2) is 13.3. The van der Waals surface area contributed by atoms with Gasteiger partial charge in [0.1, 0.15) is 0 Å². The van der Waals surface area contributed by atoms with Gasteiger partial charge in [0.2, 0.25) is 0 Å². The predicted molar refractivity (Wildman–Crippen MR) is 118 cm³/mol. The molecule has 0 amide bonds. The summed E-state index contributed by atoms with van der Waals surface area (Å²) in [5.74, 6) is 1.65. The van der Waals surface area contributed by atoms with Crippen LogP contribution in [0.5, 0.6) is 0 Å². The van der Waals surface area contributed by atoms with E-state index in [0.717, 1.165) is 43.5 Å². The van der Waals surface area contributed by atoms with E-state index >= 15 is 0 Å². The molecule has 1 aromatic heterocycles. The van der Waals surface area contributed by atoms with Gasteiger partial charge in [-0.15, -0.1) is 24.0 Å². The van der Waals surface area contributed by atoms with Gasteiger partial charge in [-0.05, 0) is 69.4 Å². The molecule has 1 atom stereocenters. The summed E-state index contributed by atoms with van der Waals surface area (Å²) in [7, 11) is 0. The van der Waals surface area contributed by atoms with Crippen LogP contribution in [-0.2, 0) is 0 Å². The fraction of sp³-hybridized carbons (Fsp3) is 0.684. The number of pyridine rings is 1. The highest BCUT2D eigenvalue weighted by Crippen LogP contribution is 2.15. The SMILES string of the molecule is CCNC(=NCC(O)c1ccncc1)NCCCN1CCC(C)CC1.I. The summed E-state index contributed by atoms with van der Waals surface area (Å²) in [5.41, 5.74) is 0.842. The number of rotatable bonds is 8. The van der Waals surface area contributed by atoms with Crippen molar-refractivity contribution in [2.24, 2.45) is 10.9 Å². The Balaban J connectivity index is 0.00000338. The first-order chi connectivity index (χ1) is 12.2. The van der Waals surface area contributed by atoms with E-state index in [0.29, 0.717) is 6.54 Å². The van der Waals surface area contributed by atoms with E-state index in [1.165, 1.54) is 25.9 Å². The topological polar surface area (TPSA) is 72.8 Å². The van der Waals surface area contributed by atoms with Crippen molar-refractivity contribution in [1.82, 2.24) is 20.5 Å². The van der Waals surface area contributed by atoms with E-state index in [1.54, 1.807) is 12.4 Å². The first kappa shape index (κ1) is 23.1. The zero-order valence-electron chi connectivity index (χ0n) is 16.0. The first-order valence-corrected chi connectivity index (χ1v) is 9.51. The number of aliphatic hydroxyl groups is 1. The van der Waals surface area contributed by atoms with Crippen LogP contribution in [0.15, 0.2) is 29.5 Å². The van der Waals surface area contributed by atoms with Crippen LogP contribution in [0, 0.1) is 5.92 Å². The molecule has 7 heteroatoms. The molecule has 6 nitrogen and oxygen atoms in total. The fourth-order valence-corrected chi connectivity index (χ4v) is 3.01. The number of piperidine rings is 1. The lowest BCUT2D eigenvalue weighted by atomic mass is 9.99. The van der Waals surface area contributed by atoms with Gasteiger partial charge in [-0.25, -0.2) is 0 Å². The van der Waals surface area contributed by atoms with Crippen molar-refractivity contribution in [3.05, 3.63) is 30.1 Å². The lowest BCUT2D eigenvalue weighted by Crippen LogP contribution is -2.40. The van der Waals surface area contributed by atoms with Gasteiger partial charge in [-0.3, -0.25) is 9.98 Å². The van der Waals surface area contributed by atoms with Gasteiger partial charge in [0.15, 0.2) is 5.96 Å². The highest BCUT2D eigenvalue weighted by molar-refractivity contribution is 14.0. The van der Waals surface area contributed by atoms with Gasteiger partial charge in [0.05, 0.1) is 12.6 Å². The number of likely N-dealkylation sites (tertiary alicyclic amines) is 1. The molecule has 3 N–H and O–H groups in total. The zero-order chi connectivity index (χ0) is 17.9. The monoisotopic (exact) mass is 475 g/mol. The molecule has 148 valence electrons. The quantitative estimate of drug-likeness (QED) is 0.233. The molecule has 0 aromatic carbocycles. The third-order valence-electron chi connectivity index (χ3n) is 4.68. The number of halogens is 1. The Morgan fingerprint density at radius 2 is 2.00 bits per heavy atom. The first-order valence-electron chi connectivity index (χ1n) is 9.51. The summed E-state index contributed by atoms with van der Waals surface area (Å²) in [6, 6.07) is 3.64. The second-order valence-corrected chi connectivity index (χ2v) is 6.82. The maximum atomic E-state index is 10.2. The van der Waals surface area contributed by atoms with Crippen molar-refractivity contribution in [2.75, 3.05) is 39.3 Å². The molecule has 0 spiro atoms. The number of nitrogens with one attached hydrogen (secondary N) is 2. The molecule has 2 rings (SSSR count). The van der Waals surface area contributed by atoms with Crippen molar-refractivity contribution in [2.45, 2.75) is 39.2 Å². The molecule has 0 aliphatic carbocycles. The Morgan fingerprint density at radius 1 is 1.31 bits per heavy atom. The van der Waals surface area contributed by atoms with Gasteiger partial charge >= 0.3 is 0 Å². The number of aromatic nitrogens is 1. The molecular weight excluding hydrogens is 441 g/mol. The highest BCUT2D eigenvalue weighted by Gasteiger charge is 2.14. The minimum Gasteiger partial charge on any atom is -0.386 e. The largest absolute Gasteiger partial charge is 0.386 e. The molecule has 1 unspecified atom stereocenters. The van der Waals surface area contributed by atoms with Crippen molar-refractivity contribution < 1.29 is 5.11 Å². The van der Waals surface area contributed by atoms with E-state index < -0.39 is 6.10 Å². The number of hydrogen-bond donors (Lipinski definition) is 3. The number of nitrogens with zero attached hydrogens (tertiary/aromatic N) is 3. The molecule has 1 aliphatic rings. The van der Waals surface area contributed by atoms with Crippen LogP contribution >= 0.6 is 24.0 Å². The van der Waals surface area contributed by atoms with E-state index in [1.807, 2.05) is 19.1 Å². The third kappa shape index (κ3) is 8.64. The fourth-order valence-electron chi connectivity index (χ4n) is 3.01. The van der Waals surface area contributed by atoms with Gasteiger partial charge in [0, 0.05) is 25.5 Å². The van der Waals surface area contributed by atoms with Gasteiger partial charge in [-0.1, -0.05) is 6.92 Å². The molecule has 1 aliphatic heterocycles. The molecular formula is C19H34IN5O. The summed E-state index contributed by atoms with van der Waals surface area (Å²) in [5, 5.41) is 16.8. The molecule has 0 radical (unpaired) electrons. The summed E-state index contributed by atoms with van der Waals surface area (Å²) >= 11 is 0. The molecule has 0 bridgehead atoms. The van der Waals surface area contributed by atoms with Crippen LogP contribution in [0.25, 0.3) is 0 Å². The predicted octanol–water partition coefficient (Wildman–Crippen LogP) is 2.41. The van der Waals surface area contributed by atoms with Crippen LogP contribution in [0.2, 0.25) is 0 Å². The molecule has 26 heavy (non-hydrogen) atoms. The summed E-state index contributed by atoms with van der Waals surface area (Å²) in [6.45, 7) is 10.0. The normalized spacial score (nSPS) is 17.4. The maximum Gasteiger partial charge on any atom is 0.191 e. The number of guanidine groups is 1. The molecule has 0 saturated carbocycles. The standard InChI is InChI=1S/C19H33N5O.HI/c1-3-21-19(23-15-18(25)17-5-10-20-11-6-17)22-9-4-12-24-13-7-16(2)8-14-24;/h5-6,10-11,16,18,25H,3-4,7-9,12-15H2,1-2H3,(H2,21,22,23);1H. The van der Waals surface area contributed by atoms with E-state index in [9.17, 15) is 5.11 Å². The van der Waals surface area contributed by atoms with Crippen LogP contribution in [0.4, 0.5) is 0 Å². The lowest BCUT2D eigenvalue weighted by molar-refractivity contribution is 0.186. The van der Waals surface area contributed by atoms with Gasteiger partial charge in [0.25, 0.3) is 0 Å². The minimum absolute atomic E-state index is 0. The Hall–Kier alpha value is -0.930. The van der Waals surface area contributed by atoms with Crippen LogP contribution in [-0.4, -0.2) is 60.2 Å². The Bertz CT molecular complexity index is 506. The minimum atomic E-state index is -0.603. The zero-order valence-corrected chi connectivity index (χ0v) is 18.4. The van der Waals surface area contributed by atoms with Crippen molar-refractivity contribution in [3.8, 4) is 0 Å². The van der Waals surface area contributed by atoms with Crippen LogP contribution in [0.3, 0.4) is 0 Å². The van der Waals surface area contributed by atoms with Gasteiger partial charge < -0.3 is 20.6 Å². The lowest BCUT2D eigenvalue weighted by Gasteiger charge is -2.30. The van der Waals surface area contributed by atoms with Crippen LogP contribution in [0.1, 0.15) is 44.8 Å². The van der Waals surface area contributed by atoms with E-state index in [2.05, 4.69) is 32.4 Å². The maximum absolute atomic E-state index is 10.2. The second-order valence-electron chi connectivity index (χ2n) is 6.82. The summed E-state index contributed by atoms with van der Waals surface area (Å²) in [6.07, 6.45) is 6.52. The van der Waals surface area contributed by atoms with Crippen LogP contribution < -0.4 is 10.6 Å². The van der Waals surface area contributed by atoms with Crippen molar-refractivity contribution in [1.29, 1.82) is 0 Å². The van der Waals surface area contributed by atoms with Crippen molar-refractivity contribution >= 4 is 29.9 Å². The molecule has 1 saturated heterocycles. The average Bonchev–Trinajstić information content (AvgIpc) is 2.65. The van der Waals surface area contributed by atoms with Crippen molar-refractivity contribution in [3.63, 3.8) is 0 Å². The molecule has 1 fully saturated rings. The summed E-state index contributed by atoms with van der Waals surface area (Å²) in [4.78, 5) is 11.0. The Kier molecular flexibility index (Phi) is 11.8. The third-order valence-corrected chi connectivity index (χ3v) is 4.68. The number of hydrogen-bond acceptors (Lipinski definition) is 4. The van der Waals surface area contributed by atoms with E-state index in [4.69, 9.17) is 0 Å². The molecule has 1 aromatic rings. The Labute approximate surface area is 174 Å². The number of aliphatic hydroxyl groups excluding tert-OH is 1. The average molecular weight is 475 g/mol. The Morgan fingerprint density at radius 3 is 2.65 bits per heavy atom. The summed E-state index contributed by atoms with van der Waals surface area (Å²) < 4.78 is 0. The smallest absolute Gasteiger partial charge is 0.191 e. The van der Waals surface area contributed by atoms with Gasteiger partial charge in [-0.2, -0.15) is 0 Å².